The number of ketones is 1. The molecule has 1 aromatic carbocycles. The van der Waals surface area contributed by atoms with Crippen molar-refractivity contribution >= 4 is 23.5 Å². The van der Waals surface area contributed by atoms with E-state index in [1.165, 1.54) is 30.8 Å². The van der Waals surface area contributed by atoms with Crippen molar-refractivity contribution in [1.29, 1.82) is 0 Å². The molecule has 1 aromatic heterocycles. The average Bonchev–Trinajstić information content (AvgIpc) is 3.35. The average molecular weight is 435 g/mol. The molecule has 0 saturated carbocycles. The van der Waals surface area contributed by atoms with E-state index in [2.05, 4.69) is 15.5 Å². The maximum Gasteiger partial charge on any atom is 0.231 e. The highest BCUT2D eigenvalue weighted by molar-refractivity contribution is 7.99. The van der Waals surface area contributed by atoms with Gasteiger partial charge in [0.2, 0.25) is 5.91 Å². The van der Waals surface area contributed by atoms with Crippen molar-refractivity contribution in [2.75, 3.05) is 12.4 Å². The zero-order valence-corrected chi connectivity index (χ0v) is 18.2. The molecule has 3 rings (SSSR count). The fourth-order valence-electron chi connectivity index (χ4n) is 3.45. The lowest BCUT2D eigenvalue weighted by Crippen LogP contribution is -2.44. The van der Waals surface area contributed by atoms with Crippen LogP contribution in [0.3, 0.4) is 0 Å². The molecule has 1 fully saturated rings. The van der Waals surface area contributed by atoms with Crippen LogP contribution in [0.1, 0.15) is 33.6 Å². The highest BCUT2D eigenvalue weighted by atomic mass is 32.2. The molecule has 1 aliphatic rings. The minimum Gasteiger partial charge on any atom is -0.376 e. The molecule has 9 heteroatoms. The van der Waals surface area contributed by atoms with Crippen LogP contribution < -0.4 is 5.32 Å². The zero-order chi connectivity index (χ0) is 21.7. The highest BCUT2D eigenvalue weighted by Crippen LogP contribution is 2.26. The van der Waals surface area contributed by atoms with Gasteiger partial charge in [0.25, 0.3) is 0 Å². The summed E-state index contributed by atoms with van der Waals surface area (Å²) in [6, 6.07) is 5.58. The Labute approximate surface area is 179 Å². The van der Waals surface area contributed by atoms with Gasteiger partial charge in [0.1, 0.15) is 5.82 Å². The monoisotopic (exact) mass is 434 g/mol. The largest absolute Gasteiger partial charge is 0.376 e. The van der Waals surface area contributed by atoms with Crippen molar-refractivity contribution in [2.45, 2.75) is 57.5 Å². The maximum absolute atomic E-state index is 13.3. The van der Waals surface area contributed by atoms with Crippen LogP contribution in [0.4, 0.5) is 4.39 Å². The van der Waals surface area contributed by atoms with Crippen LogP contribution in [0.25, 0.3) is 11.4 Å². The van der Waals surface area contributed by atoms with Crippen LogP contribution in [0.15, 0.2) is 29.4 Å². The number of thioether (sulfide) groups is 1. The van der Waals surface area contributed by atoms with Crippen LogP contribution in [-0.4, -0.2) is 51.0 Å². The summed E-state index contributed by atoms with van der Waals surface area (Å²) < 4.78 is 21.0. The predicted octanol–water partition coefficient (Wildman–Crippen LogP) is 3.09. The number of aromatic nitrogens is 3. The molecule has 2 aromatic rings. The van der Waals surface area contributed by atoms with Gasteiger partial charge in [-0.25, -0.2) is 4.39 Å². The van der Waals surface area contributed by atoms with Gasteiger partial charge in [-0.2, -0.15) is 0 Å². The first kappa shape index (κ1) is 22.4. The second-order valence-electron chi connectivity index (χ2n) is 7.75. The predicted molar refractivity (Wildman–Crippen MR) is 113 cm³/mol. The van der Waals surface area contributed by atoms with Crippen molar-refractivity contribution in [3.63, 3.8) is 0 Å². The van der Waals surface area contributed by atoms with Crippen LogP contribution in [0.5, 0.6) is 0 Å². The molecule has 2 atom stereocenters. The van der Waals surface area contributed by atoms with Crippen molar-refractivity contribution in [1.82, 2.24) is 20.1 Å². The van der Waals surface area contributed by atoms with E-state index in [0.29, 0.717) is 17.5 Å². The number of halogens is 1. The minimum atomic E-state index is -0.502. The molecule has 0 bridgehead atoms. The molecular weight excluding hydrogens is 407 g/mol. The van der Waals surface area contributed by atoms with E-state index in [4.69, 9.17) is 4.74 Å². The fraction of sp³-hybridized carbons (Fsp3) is 0.524. The molecule has 1 saturated heterocycles. The third-order valence-corrected chi connectivity index (χ3v) is 5.95. The van der Waals surface area contributed by atoms with Crippen molar-refractivity contribution in [3.8, 4) is 11.4 Å². The number of hydrogen-bond donors (Lipinski definition) is 1. The highest BCUT2D eigenvalue weighted by Gasteiger charge is 2.24. The van der Waals surface area contributed by atoms with Gasteiger partial charge in [-0.3, -0.25) is 14.2 Å². The summed E-state index contributed by atoms with van der Waals surface area (Å²) in [5, 5.41) is 11.9. The van der Waals surface area contributed by atoms with E-state index in [0.717, 1.165) is 25.0 Å². The number of benzene rings is 1. The standard InChI is InChI=1S/C21H27FN4O3S/c1-13(2)19(14(3)27)23-18(28)12-30-21-25-24-20(15-6-8-16(22)9-7-15)26(21)11-17-5-4-10-29-17/h6-9,13,17,19H,4-5,10-12H2,1-3H3,(H,23,28). The van der Waals surface area contributed by atoms with Crippen LogP contribution in [0.2, 0.25) is 0 Å². The van der Waals surface area contributed by atoms with Gasteiger partial charge in [0.15, 0.2) is 16.8 Å². The quantitative estimate of drug-likeness (QED) is 0.611. The number of ether oxygens (including phenoxy) is 1. The normalized spacial score (nSPS) is 17.3. The van der Waals surface area contributed by atoms with Crippen LogP contribution in [-0.2, 0) is 20.9 Å². The van der Waals surface area contributed by atoms with Gasteiger partial charge in [0.05, 0.1) is 24.4 Å². The van der Waals surface area contributed by atoms with Crippen LogP contribution in [0, 0.1) is 11.7 Å². The van der Waals surface area contributed by atoms with E-state index in [1.54, 1.807) is 12.1 Å². The van der Waals surface area contributed by atoms with Gasteiger partial charge in [-0.1, -0.05) is 25.6 Å². The van der Waals surface area contributed by atoms with Crippen molar-refractivity contribution < 1.29 is 18.7 Å². The van der Waals surface area contributed by atoms with Crippen molar-refractivity contribution in [2.24, 2.45) is 5.92 Å². The summed E-state index contributed by atoms with van der Waals surface area (Å²) in [6.45, 7) is 6.56. The third kappa shape index (κ3) is 5.66. The summed E-state index contributed by atoms with van der Waals surface area (Å²) >= 11 is 1.26. The van der Waals surface area contributed by atoms with E-state index in [1.807, 2.05) is 18.4 Å². The zero-order valence-electron chi connectivity index (χ0n) is 17.4. The molecular formula is C21H27FN4O3S. The first-order valence-corrected chi connectivity index (χ1v) is 11.1. The van der Waals surface area contributed by atoms with Gasteiger partial charge in [-0.15, -0.1) is 10.2 Å². The Morgan fingerprint density at radius 3 is 2.63 bits per heavy atom. The maximum atomic E-state index is 13.3. The second-order valence-corrected chi connectivity index (χ2v) is 8.69. The Balaban J connectivity index is 1.75. The van der Waals surface area contributed by atoms with Gasteiger partial charge in [0, 0.05) is 12.2 Å². The molecule has 0 spiro atoms. The number of carbonyl (C=O) groups is 2. The van der Waals surface area contributed by atoms with Gasteiger partial charge < -0.3 is 10.1 Å². The Morgan fingerprint density at radius 2 is 2.03 bits per heavy atom. The minimum absolute atomic E-state index is 0.0182. The Kier molecular flexibility index (Phi) is 7.60. The molecule has 0 radical (unpaired) electrons. The Bertz CT molecular complexity index is 879. The lowest BCUT2D eigenvalue weighted by molar-refractivity contribution is -0.126. The molecule has 7 nitrogen and oxygen atoms in total. The van der Waals surface area contributed by atoms with E-state index in [9.17, 15) is 14.0 Å². The lowest BCUT2D eigenvalue weighted by Gasteiger charge is -2.19. The first-order valence-electron chi connectivity index (χ1n) is 10.1. The number of amides is 1. The smallest absolute Gasteiger partial charge is 0.231 e. The number of carbonyl (C=O) groups excluding carboxylic acids is 2. The van der Waals surface area contributed by atoms with E-state index in [-0.39, 0.29) is 35.3 Å². The van der Waals surface area contributed by atoms with E-state index < -0.39 is 6.04 Å². The van der Waals surface area contributed by atoms with Gasteiger partial charge in [-0.05, 0) is 49.9 Å². The van der Waals surface area contributed by atoms with Crippen molar-refractivity contribution in [3.05, 3.63) is 30.1 Å². The summed E-state index contributed by atoms with van der Waals surface area (Å²) in [6.07, 6.45) is 2.00. The first-order chi connectivity index (χ1) is 14.3. The lowest BCUT2D eigenvalue weighted by atomic mass is 10.0. The summed E-state index contributed by atoms with van der Waals surface area (Å²) in [7, 11) is 0. The topological polar surface area (TPSA) is 86.1 Å². The third-order valence-electron chi connectivity index (χ3n) is 4.98. The number of nitrogens with zero attached hydrogens (tertiary/aromatic N) is 3. The molecule has 2 heterocycles. The second kappa shape index (κ2) is 10.2. The number of nitrogens with one attached hydrogen (secondary N) is 1. The number of rotatable bonds is 9. The summed E-state index contributed by atoms with van der Waals surface area (Å²) in [5.74, 6) is 0.124. The number of hydrogen-bond acceptors (Lipinski definition) is 6. The summed E-state index contributed by atoms with van der Waals surface area (Å²) in [5.41, 5.74) is 0.745. The SMILES string of the molecule is CC(=O)C(NC(=O)CSc1nnc(-c2ccc(F)cc2)n1CC1CCCO1)C(C)C. The number of Topliss-reactive ketones (excluding diaryl/α,β-unsaturated/α-hetero) is 1. The van der Waals surface area contributed by atoms with E-state index >= 15 is 0 Å². The molecule has 1 N–H and O–H groups in total. The molecule has 1 amide bonds. The molecule has 162 valence electrons. The molecule has 30 heavy (non-hydrogen) atoms. The Hall–Kier alpha value is -2.26. The molecule has 2 unspecified atom stereocenters. The summed E-state index contributed by atoms with van der Waals surface area (Å²) in [4.78, 5) is 24.1. The fourth-order valence-corrected chi connectivity index (χ4v) is 4.21. The van der Waals surface area contributed by atoms with Crippen LogP contribution >= 0.6 is 11.8 Å². The van der Waals surface area contributed by atoms with Gasteiger partial charge >= 0.3 is 0 Å². The molecule has 0 aliphatic carbocycles. The molecule has 1 aliphatic heterocycles. The Morgan fingerprint density at radius 1 is 1.30 bits per heavy atom.